The Hall–Kier alpha value is -0.120. The highest BCUT2D eigenvalue weighted by atomic mass is 16.5. The SMILES string of the molecule is CCC(C)N(CCOC)C(CN)C1CCCCC1. The van der Waals surface area contributed by atoms with Crippen LogP contribution in [0.3, 0.4) is 0 Å². The van der Waals surface area contributed by atoms with E-state index in [9.17, 15) is 0 Å². The Kier molecular flexibility index (Phi) is 7.87. The van der Waals surface area contributed by atoms with Crippen LogP contribution in [0.5, 0.6) is 0 Å². The molecular weight excluding hydrogens is 224 g/mol. The monoisotopic (exact) mass is 256 g/mol. The molecule has 2 unspecified atom stereocenters. The van der Waals surface area contributed by atoms with Crippen LogP contribution < -0.4 is 5.73 Å². The average Bonchev–Trinajstić information content (AvgIpc) is 2.43. The van der Waals surface area contributed by atoms with Gasteiger partial charge < -0.3 is 10.5 Å². The highest BCUT2D eigenvalue weighted by molar-refractivity contribution is 4.85. The quantitative estimate of drug-likeness (QED) is 0.725. The van der Waals surface area contributed by atoms with Crippen molar-refractivity contribution in [2.45, 2.75) is 64.5 Å². The maximum absolute atomic E-state index is 6.09. The van der Waals surface area contributed by atoms with Crippen LogP contribution in [0.25, 0.3) is 0 Å². The van der Waals surface area contributed by atoms with Gasteiger partial charge in [-0.3, -0.25) is 4.90 Å². The van der Waals surface area contributed by atoms with E-state index in [1.807, 2.05) is 0 Å². The van der Waals surface area contributed by atoms with Gasteiger partial charge in [-0.25, -0.2) is 0 Å². The lowest BCUT2D eigenvalue weighted by molar-refractivity contribution is 0.0544. The summed E-state index contributed by atoms with van der Waals surface area (Å²) in [5, 5.41) is 0. The molecule has 0 aliphatic heterocycles. The lowest BCUT2D eigenvalue weighted by Gasteiger charge is -2.41. The molecule has 0 spiro atoms. The van der Waals surface area contributed by atoms with E-state index >= 15 is 0 Å². The number of hydrogen-bond donors (Lipinski definition) is 1. The van der Waals surface area contributed by atoms with Gasteiger partial charge in [0.25, 0.3) is 0 Å². The van der Waals surface area contributed by atoms with Crippen molar-refractivity contribution < 1.29 is 4.74 Å². The first-order valence-corrected chi connectivity index (χ1v) is 7.69. The minimum atomic E-state index is 0.551. The fourth-order valence-electron chi connectivity index (χ4n) is 3.26. The van der Waals surface area contributed by atoms with Crippen LogP contribution in [0, 0.1) is 5.92 Å². The molecular formula is C15H32N2O. The third-order valence-corrected chi connectivity index (χ3v) is 4.57. The third-order valence-electron chi connectivity index (χ3n) is 4.57. The molecule has 0 amide bonds. The van der Waals surface area contributed by atoms with Crippen molar-refractivity contribution in [3.63, 3.8) is 0 Å². The predicted molar refractivity (Wildman–Crippen MR) is 77.8 cm³/mol. The molecule has 2 N–H and O–H groups in total. The van der Waals surface area contributed by atoms with E-state index in [1.165, 1.54) is 38.5 Å². The van der Waals surface area contributed by atoms with E-state index in [-0.39, 0.29) is 0 Å². The van der Waals surface area contributed by atoms with E-state index in [0.717, 1.165) is 25.6 Å². The summed E-state index contributed by atoms with van der Waals surface area (Å²) in [6.45, 7) is 7.20. The lowest BCUT2D eigenvalue weighted by Crippen LogP contribution is -2.51. The molecule has 1 saturated carbocycles. The summed E-state index contributed by atoms with van der Waals surface area (Å²) in [4.78, 5) is 2.60. The number of rotatable bonds is 8. The maximum Gasteiger partial charge on any atom is 0.0589 e. The highest BCUT2D eigenvalue weighted by Gasteiger charge is 2.29. The average molecular weight is 256 g/mol. The standard InChI is InChI=1S/C15H32N2O/c1-4-13(2)17(10-11-18-3)15(12-16)14-8-6-5-7-9-14/h13-15H,4-12,16H2,1-3H3. The van der Waals surface area contributed by atoms with Crippen LogP contribution >= 0.6 is 0 Å². The first kappa shape index (κ1) is 15.9. The minimum Gasteiger partial charge on any atom is -0.383 e. The Bertz CT molecular complexity index is 205. The van der Waals surface area contributed by atoms with Gasteiger partial charge in [-0.2, -0.15) is 0 Å². The molecule has 0 bridgehead atoms. The van der Waals surface area contributed by atoms with Gasteiger partial charge in [-0.1, -0.05) is 26.2 Å². The van der Waals surface area contributed by atoms with E-state index in [2.05, 4.69) is 18.7 Å². The molecule has 1 aliphatic carbocycles. The van der Waals surface area contributed by atoms with Gasteiger partial charge in [-0.15, -0.1) is 0 Å². The zero-order chi connectivity index (χ0) is 13.4. The second kappa shape index (κ2) is 8.89. The number of nitrogens with zero attached hydrogens (tertiary/aromatic N) is 1. The van der Waals surface area contributed by atoms with Crippen LogP contribution in [-0.2, 0) is 4.74 Å². The van der Waals surface area contributed by atoms with Crippen molar-refractivity contribution in [2.24, 2.45) is 11.7 Å². The van der Waals surface area contributed by atoms with Gasteiger partial charge in [0.1, 0.15) is 0 Å². The molecule has 3 heteroatoms. The third kappa shape index (κ3) is 4.52. The Labute approximate surface area is 113 Å². The number of hydrogen-bond acceptors (Lipinski definition) is 3. The fraction of sp³-hybridized carbons (Fsp3) is 1.00. The first-order chi connectivity index (χ1) is 8.74. The van der Waals surface area contributed by atoms with E-state index < -0.39 is 0 Å². The summed E-state index contributed by atoms with van der Waals surface area (Å²) in [7, 11) is 1.78. The largest absolute Gasteiger partial charge is 0.383 e. The number of ether oxygens (including phenoxy) is 1. The van der Waals surface area contributed by atoms with Crippen molar-refractivity contribution in [1.82, 2.24) is 4.90 Å². The van der Waals surface area contributed by atoms with E-state index in [1.54, 1.807) is 7.11 Å². The van der Waals surface area contributed by atoms with Gasteiger partial charge in [0.2, 0.25) is 0 Å². The van der Waals surface area contributed by atoms with Crippen LogP contribution in [-0.4, -0.2) is 43.8 Å². The summed E-state index contributed by atoms with van der Waals surface area (Å²) in [5.74, 6) is 0.801. The second-order valence-electron chi connectivity index (χ2n) is 5.69. The van der Waals surface area contributed by atoms with Crippen molar-refractivity contribution in [3.8, 4) is 0 Å². The molecule has 1 aliphatic rings. The molecule has 18 heavy (non-hydrogen) atoms. The molecule has 0 aromatic heterocycles. The van der Waals surface area contributed by atoms with Gasteiger partial charge in [0.05, 0.1) is 6.61 Å². The van der Waals surface area contributed by atoms with Gasteiger partial charge in [0, 0.05) is 32.3 Å². The summed E-state index contributed by atoms with van der Waals surface area (Å²) >= 11 is 0. The zero-order valence-corrected chi connectivity index (χ0v) is 12.5. The topological polar surface area (TPSA) is 38.5 Å². The van der Waals surface area contributed by atoms with Gasteiger partial charge in [0.15, 0.2) is 0 Å². The Morgan fingerprint density at radius 2 is 1.94 bits per heavy atom. The second-order valence-corrected chi connectivity index (χ2v) is 5.69. The van der Waals surface area contributed by atoms with Gasteiger partial charge >= 0.3 is 0 Å². The minimum absolute atomic E-state index is 0.551. The summed E-state index contributed by atoms with van der Waals surface area (Å²) in [6, 6.07) is 1.16. The molecule has 2 atom stereocenters. The molecule has 108 valence electrons. The predicted octanol–water partition coefficient (Wildman–Crippen LogP) is 2.64. The van der Waals surface area contributed by atoms with Crippen LogP contribution in [0.15, 0.2) is 0 Å². The Balaban J connectivity index is 2.64. The molecule has 0 radical (unpaired) electrons. The Morgan fingerprint density at radius 3 is 2.44 bits per heavy atom. The summed E-state index contributed by atoms with van der Waals surface area (Å²) in [6.07, 6.45) is 8.10. The molecule has 0 aromatic rings. The molecule has 0 saturated heterocycles. The lowest BCUT2D eigenvalue weighted by atomic mass is 9.82. The molecule has 1 rings (SSSR count). The van der Waals surface area contributed by atoms with Crippen LogP contribution in [0.1, 0.15) is 52.4 Å². The number of methoxy groups -OCH3 is 1. The molecule has 1 fully saturated rings. The first-order valence-electron chi connectivity index (χ1n) is 7.69. The maximum atomic E-state index is 6.09. The smallest absolute Gasteiger partial charge is 0.0589 e. The van der Waals surface area contributed by atoms with Crippen molar-refractivity contribution in [1.29, 1.82) is 0 Å². The van der Waals surface area contributed by atoms with Gasteiger partial charge in [-0.05, 0) is 32.1 Å². The molecule has 0 aromatic carbocycles. The summed E-state index contributed by atoms with van der Waals surface area (Å²) < 4.78 is 5.27. The van der Waals surface area contributed by atoms with Crippen molar-refractivity contribution in [3.05, 3.63) is 0 Å². The molecule has 0 heterocycles. The fourth-order valence-corrected chi connectivity index (χ4v) is 3.26. The summed E-state index contributed by atoms with van der Waals surface area (Å²) in [5.41, 5.74) is 6.09. The zero-order valence-electron chi connectivity index (χ0n) is 12.5. The van der Waals surface area contributed by atoms with Crippen molar-refractivity contribution in [2.75, 3.05) is 26.8 Å². The van der Waals surface area contributed by atoms with Crippen molar-refractivity contribution >= 4 is 0 Å². The van der Waals surface area contributed by atoms with E-state index in [0.29, 0.717) is 12.1 Å². The normalized spacial score (nSPS) is 21.2. The van der Waals surface area contributed by atoms with E-state index in [4.69, 9.17) is 10.5 Å². The number of nitrogens with two attached hydrogens (primary N) is 1. The highest BCUT2D eigenvalue weighted by Crippen LogP contribution is 2.29. The van der Waals surface area contributed by atoms with Crippen LogP contribution in [0.2, 0.25) is 0 Å². The Morgan fingerprint density at radius 1 is 1.28 bits per heavy atom. The van der Waals surface area contributed by atoms with Crippen LogP contribution in [0.4, 0.5) is 0 Å². The molecule has 3 nitrogen and oxygen atoms in total.